The van der Waals surface area contributed by atoms with Crippen molar-refractivity contribution in [3.8, 4) is 0 Å². The zero-order valence-electron chi connectivity index (χ0n) is 12.9. The van der Waals surface area contributed by atoms with Crippen molar-refractivity contribution in [3.05, 3.63) is 61.9 Å². The van der Waals surface area contributed by atoms with Gasteiger partial charge in [-0.15, -0.1) is 0 Å². The summed E-state index contributed by atoms with van der Waals surface area (Å²) in [6.07, 6.45) is 1.86. The molecule has 0 aliphatic heterocycles. The molecule has 3 rings (SSSR count). The molecule has 0 aliphatic rings. The fourth-order valence-corrected chi connectivity index (χ4v) is 3.44. The van der Waals surface area contributed by atoms with Gasteiger partial charge >= 0.3 is 0 Å². The van der Waals surface area contributed by atoms with Gasteiger partial charge in [-0.1, -0.05) is 22.0 Å². The highest BCUT2D eigenvalue weighted by atomic mass is 79.9. The number of hydrogen-bond donors (Lipinski definition) is 1. The van der Waals surface area contributed by atoms with Crippen molar-refractivity contribution in [2.75, 3.05) is 5.32 Å². The molecule has 0 unspecified atom stereocenters. The van der Waals surface area contributed by atoms with Crippen molar-refractivity contribution >= 4 is 49.1 Å². The largest absolute Gasteiger partial charge is 0.321 e. The zero-order chi connectivity index (χ0) is 16.7. The van der Waals surface area contributed by atoms with Gasteiger partial charge in [-0.2, -0.15) is 0 Å². The first kappa shape index (κ1) is 16.2. The molecule has 3 aromatic rings. The van der Waals surface area contributed by atoms with E-state index in [0.717, 1.165) is 31.4 Å². The second kappa shape index (κ2) is 6.09. The fourth-order valence-electron chi connectivity index (χ4n) is 2.52. The Labute approximate surface area is 151 Å². The van der Waals surface area contributed by atoms with Gasteiger partial charge in [0.2, 0.25) is 0 Å². The number of carbonyl (C=O) groups is 1. The third-order valence-electron chi connectivity index (χ3n) is 3.69. The first-order valence-electron chi connectivity index (χ1n) is 7.09. The molecule has 1 aromatic carbocycles. The van der Waals surface area contributed by atoms with Gasteiger partial charge in [0.15, 0.2) is 0 Å². The molecule has 0 aliphatic carbocycles. The normalized spacial score (nSPS) is 11.0. The lowest BCUT2D eigenvalue weighted by Crippen LogP contribution is -2.15. The van der Waals surface area contributed by atoms with Crippen LogP contribution in [0.5, 0.6) is 0 Å². The van der Waals surface area contributed by atoms with E-state index in [4.69, 9.17) is 0 Å². The minimum absolute atomic E-state index is 0.178. The molecule has 118 valence electrons. The number of hydrogen-bond acceptors (Lipinski definition) is 2. The van der Waals surface area contributed by atoms with Crippen LogP contribution < -0.4 is 5.32 Å². The summed E-state index contributed by atoms with van der Waals surface area (Å²) in [7, 11) is 0. The number of pyridine rings is 1. The Kier molecular flexibility index (Phi) is 4.29. The van der Waals surface area contributed by atoms with Crippen LogP contribution in [0, 0.1) is 20.8 Å². The van der Waals surface area contributed by atoms with E-state index in [2.05, 4.69) is 42.2 Å². The van der Waals surface area contributed by atoms with Gasteiger partial charge in [0.1, 0.15) is 11.3 Å². The van der Waals surface area contributed by atoms with E-state index in [0.29, 0.717) is 11.4 Å². The second-order valence-corrected chi connectivity index (χ2v) is 7.27. The highest BCUT2D eigenvalue weighted by molar-refractivity contribution is 9.10. The lowest BCUT2D eigenvalue weighted by Gasteiger charge is -2.08. The number of halogens is 2. The van der Waals surface area contributed by atoms with Crippen molar-refractivity contribution < 1.29 is 4.79 Å². The average molecular weight is 437 g/mol. The Morgan fingerprint density at radius 3 is 2.57 bits per heavy atom. The SMILES string of the molecule is Cc1ccc(NC(=O)c2c(C)nc3c(C)cc(Br)cn23)cc1Br. The van der Waals surface area contributed by atoms with Crippen LogP contribution in [0.25, 0.3) is 5.65 Å². The van der Waals surface area contributed by atoms with Crippen molar-refractivity contribution in [2.45, 2.75) is 20.8 Å². The molecule has 2 aromatic heterocycles. The standard InChI is InChI=1S/C17H15Br2N3O/c1-9-4-5-13(7-14(9)19)21-17(23)15-11(3)20-16-10(2)6-12(18)8-22(15)16/h4-8H,1-3H3,(H,21,23). The minimum atomic E-state index is -0.178. The van der Waals surface area contributed by atoms with E-state index < -0.39 is 0 Å². The molecule has 0 saturated heterocycles. The van der Waals surface area contributed by atoms with Crippen LogP contribution in [0.3, 0.4) is 0 Å². The number of aryl methyl sites for hydroxylation is 3. The molecule has 0 saturated carbocycles. The molecule has 0 atom stereocenters. The Morgan fingerprint density at radius 2 is 1.87 bits per heavy atom. The Morgan fingerprint density at radius 1 is 1.13 bits per heavy atom. The molecule has 23 heavy (non-hydrogen) atoms. The van der Waals surface area contributed by atoms with Crippen molar-refractivity contribution in [2.24, 2.45) is 0 Å². The van der Waals surface area contributed by atoms with Crippen molar-refractivity contribution in [1.82, 2.24) is 9.38 Å². The van der Waals surface area contributed by atoms with Gasteiger partial charge in [-0.05, 0) is 66.0 Å². The van der Waals surface area contributed by atoms with Crippen LogP contribution in [0.1, 0.15) is 27.3 Å². The van der Waals surface area contributed by atoms with Crippen LogP contribution in [-0.2, 0) is 0 Å². The van der Waals surface area contributed by atoms with E-state index in [1.807, 2.05) is 55.6 Å². The monoisotopic (exact) mass is 435 g/mol. The van der Waals surface area contributed by atoms with Crippen LogP contribution in [0.15, 0.2) is 39.4 Å². The summed E-state index contributed by atoms with van der Waals surface area (Å²) in [5.41, 5.74) is 4.92. The molecular weight excluding hydrogens is 422 g/mol. The predicted molar refractivity (Wildman–Crippen MR) is 99.2 cm³/mol. The van der Waals surface area contributed by atoms with Gasteiger partial charge in [-0.25, -0.2) is 4.98 Å². The third kappa shape index (κ3) is 3.05. The number of benzene rings is 1. The Hall–Kier alpha value is -1.66. The van der Waals surface area contributed by atoms with Gasteiger partial charge in [0.25, 0.3) is 5.91 Å². The van der Waals surface area contributed by atoms with E-state index in [1.165, 1.54) is 0 Å². The Bertz CT molecular complexity index is 931. The number of fused-ring (bicyclic) bond motifs is 1. The van der Waals surface area contributed by atoms with Crippen LogP contribution in [0.2, 0.25) is 0 Å². The second-order valence-electron chi connectivity index (χ2n) is 5.50. The third-order valence-corrected chi connectivity index (χ3v) is 4.98. The molecule has 1 N–H and O–H groups in total. The maximum Gasteiger partial charge on any atom is 0.274 e. The van der Waals surface area contributed by atoms with Crippen molar-refractivity contribution in [3.63, 3.8) is 0 Å². The first-order chi connectivity index (χ1) is 10.9. The number of nitrogens with zero attached hydrogens (tertiary/aromatic N) is 2. The summed E-state index contributed by atoms with van der Waals surface area (Å²) in [6.45, 7) is 5.83. The van der Waals surface area contributed by atoms with Crippen LogP contribution in [0.4, 0.5) is 5.69 Å². The highest BCUT2D eigenvalue weighted by Crippen LogP contribution is 2.23. The topological polar surface area (TPSA) is 46.4 Å². The summed E-state index contributed by atoms with van der Waals surface area (Å²) in [5.74, 6) is -0.178. The summed E-state index contributed by atoms with van der Waals surface area (Å²) in [4.78, 5) is 17.2. The summed E-state index contributed by atoms with van der Waals surface area (Å²) < 4.78 is 3.70. The summed E-state index contributed by atoms with van der Waals surface area (Å²) >= 11 is 6.96. The molecule has 0 spiro atoms. The fraction of sp³-hybridized carbons (Fsp3) is 0.176. The van der Waals surface area contributed by atoms with Gasteiger partial charge in [-0.3, -0.25) is 9.20 Å². The lowest BCUT2D eigenvalue weighted by atomic mass is 10.2. The minimum Gasteiger partial charge on any atom is -0.321 e. The highest BCUT2D eigenvalue weighted by Gasteiger charge is 2.18. The molecule has 0 radical (unpaired) electrons. The number of rotatable bonds is 2. The van der Waals surface area contributed by atoms with E-state index in [1.54, 1.807) is 0 Å². The molecule has 4 nitrogen and oxygen atoms in total. The molecular formula is C17H15Br2N3O. The molecule has 1 amide bonds. The van der Waals surface area contributed by atoms with E-state index in [-0.39, 0.29) is 5.91 Å². The van der Waals surface area contributed by atoms with Crippen LogP contribution in [-0.4, -0.2) is 15.3 Å². The summed E-state index contributed by atoms with van der Waals surface area (Å²) in [5, 5.41) is 2.94. The molecule has 0 bridgehead atoms. The van der Waals surface area contributed by atoms with E-state index in [9.17, 15) is 4.79 Å². The van der Waals surface area contributed by atoms with Crippen molar-refractivity contribution in [1.29, 1.82) is 0 Å². The summed E-state index contributed by atoms with van der Waals surface area (Å²) in [6, 6.07) is 7.73. The Balaban J connectivity index is 2.04. The van der Waals surface area contributed by atoms with Gasteiger partial charge in [0.05, 0.1) is 5.69 Å². The predicted octanol–water partition coefficient (Wildman–Crippen LogP) is 5.04. The van der Waals surface area contributed by atoms with Gasteiger partial charge < -0.3 is 5.32 Å². The molecule has 2 heterocycles. The van der Waals surface area contributed by atoms with Crippen LogP contribution >= 0.6 is 31.9 Å². The molecule has 6 heteroatoms. The van der Waals surface area contributed by atoms with Gasteiger partial charge in [0, 0.05) is 20.8 Å². The zero-order valence-corrected chi connectivity index (χ0v) is 16.1. The number of anilines is 1. The number of carbonyl (C=O) groups excluding carboxylic acids is 1. The maximum absolute atomic E-state index is 12.7. The molecule has 0 fully saturated rings. The lowest BCUT2D eigenvalue weighted by molar-refractivity contribution is 0.102. The number of amides is 1. The quantitative estimate of drug-likeness (QED) is 0.611. The van der Waals surface area contributed by atoms with E-state index >= 15 is 0 Å². The smallest absolute Gasteiger partial charge is 0.274 e. The number of nitrogens with one attached hydrogen (secondary N) is 1. The number of aromatic nitrogens is 2. The number of imidazole rings is 1. The maximum atomic E-state index is 12.7. The first-order valence-corrected chi connectivity index (χ1v) is 8.67. The average Bonchev–Trinajstić information content (AvgIpc) is 2.79.